The maximum Gasteiger partial charge on any atom is 0.159 e. The quantitative estimate of drug-likeness (QED) is 0.423. The smallest absolute Gasteiger partial charge is 0.159 e. The fraction of sp³-hybridized carbons (Fsp3) is 0.308. The van der Waals surface area contributed by atoms with Gasteiger partial charge in [0, 0.05) is 11.5 Å². The topological polar surface area (TPSA) is 0 Å². The van der Waals surface area contributed by atoms with Crippen LogP contribution in [-0.4, -0.2) is 0 Å². The van der Waals surface area contributed by atoms with E-state index in [9.17, 15) is 8.78 Å². The lowest BCUT2D eigenvalue weighted by atomic mass is 9.78. The second-order valence-electron chi connectivity index (χ2n) is 7.74. The molecule has 0 aliphatic heterocycles. The minimum atomic E-state index is -0.788. The summed E-state index contributed by atoms with van der Waals surface area (Å²) in [5.74, 6) is 6.12. The van der Waals surface area contributed by atoms with E-state index in [1.807, 2.05) is 12.1 Å². The molecule has 0 atom stereocenters. The van der Waals surface area contributed by atoms with Gasteiger partial charge in [0.25, 0.3) is 0 Å². The molecule has 0 radical (unpaired) electrons. The number of fused-ring (bicyclic) bond motifs is 1. The third-order valence-electron chi connectivity index (χ3n) is 5.88. The zero-order chi connectivity index (χ0) is 19.5. The molecule has 0 aromatic heterocycles. The van der Waals surface area contributed by atoms with E-state index in [0.29, 0.717) is 11.8 Å². The van der Waals surface area contributed by atoms with Crippen LogP contribution in [-0.2, 0) is 6.42 Å². The maximum absolute atomic E-state index is 13.6. The van der Waals surface area contributed by atoms with E-state index < -0.39 is 11.6 Å². The molecule has 0 saturated heterocycles. The molecule has 1 aliphatic carbocycles. The van der Waals surface area contributed by atoms with Crippen LogP contribution in [0.4, 0.5) is 8.78 Å². The lowest BCUT2D eigenvalue weighted by Crippen LogP contribution is -2.12. The summed E-state index contributed by atoms with van der Waals surface area (Å²) >= 11 is 0. The van der Waals surface area contributed by atoms with Crippen molar-refractivity contribution in [1.82, 2.24) is 0 Å². The van der Waals surface area contributed by atoms with E-state index in [2.05, 4.69) is 49.1 Å². The van der Waals surface area contributed by atoms with Gasteiger partial charge in [0.15, 0.2) is 11.6 Å². The first-order valence-electron chi connectivity index (χ1n) is 10.1. The van der Waals surface area contributed by atoms with Gasteiger partial charge in [0.1, 0.15) is 0 Å². The fourth-order valence-electron chi connectivity index (χ4n) is 4.09. The average Bonchev–Trinajstić information content (AvgIpc) is 2.73. The van der Waals surface area contributed by atoms with Gasteiger partial charge in [-0.15, -0.1) is 0 Å². The zero-order valence-corrected chi connectivity index (χ0v) is 16.1. The predicted octanol–water partition coefficient (Wildman–Crippen LogP) is 7.01. The standard InChI is InChI=1S/C26H24F2/c1-2-18-3-5-19(6-4-18)7-8-20-9-11-21(12-10-20)22-13-14-23-16-25(27)26(28)17-24(23)15-22/h3-6,13-17,20-21H,2,9-12H2,1H3. The first kappa shape index (κ1) is 18.7. The van der Waals surface area contributed by atoms with E-state index in [4.69, 9.17) is 0 Å². The van der Waals surface area contributed by atoms with Crippen molar-refractivity contribution in [2.24, 2.45) is 5.92 Å². The van der Waals surface area contributed by atoms with Crippen molar-refractivity contribution < 1.29 is 8.78 Å². The van der Waals surface area contributed by atoms with Gasteiger partial charge in [-0.05, 0) is 84.2 Å². The summed E-state index contributed by atoms with van der Waals surface area (Å²) in [5.41, 5.74) is 3.65. The SMILES string of the molecule is CCc1ccc(C#CC2CCC(c3ccc4cc(F)c(F)cc4c3)CC2)cc1. The minimum absolute atomic E-state index is 0.439. The molecule has 0 nitrogen and oxygen atoms in total. The van der Waals surface area contributed by atoms with Crippen molar-refractivity contribution >= 4 is 10.8 Å². The average molecular weight is 374 g/mol. The van der Waals surface area contributed by atoms with Gasteiger partial charge in [0.05, 0.1) is 0 Å². The van der Waals surface area contributed by atoms with Gasteiger partial charge >= 0.3 is 0 Å². The maximum atomic E-state index is 13.6. The van der Waals surface area contributed by atoms with Gasteiger partial charge < -0.3 is 0 Å². The fourth-order valence-corrected chi connectivity index (χ4v) is 4.09. The number of hydrogen-bond acceptors (Lipinski definition) is 0. The zero-order valence-electron chi connectivity index (χ0n) is 16.1. The van der Waals surface area contributed by atoms with Crippen LogP contribution in [0.5, 0.6) is 0 Å². The normalized spacial score (nSPS) is 19.2. The predicted molar refractivity (Wildman–Crippen MR) is 111 cm³/mol. The van der Waals surface area contributed by atoms with Crippen molar-refractivity contribution in [1.29, 1.82) is 0 Å². The molecular weight excluding hydrogens is 350 g/mol. The number of benzene rings is 3. The highest BCUT2D eigenvalue weighted by atomic mass is 19.2. The molecule has 0 N–H and O–H groups in total. The van der Waals surface area contributed by atoms with Crippen LogP contribution in [0.15, 0.2) is 54.6 Å². The Morgan fingerprint density at radius 1 is 0.821 bits per heavy atom. The van der Waals surface area contributed by atoms with Crippen LogP contribution < -0.4 is 0 Å². The molecule has 3 aromatic carbocycles. The highest BCUT2D eigenvalue weighted by Crippen LogP contribution is 2.36. The van der Waals surface area contributed by atoms with Crippen molar-refractivity contribution in [3.05, 3.63) is 82.9 Å². The summed E-state index contributed by atoms with van der Waals surface area (Å²) < 4.78 is 26.9. The molecule has 0 heterocycles. The van der Waals surface area contributed by atoms with E-state index in [1.165, 1.54) is 23.3 Å². The second-order valence-corrected chi connectivity index (χ2v) is 7.74. The van der Waals surface area contributed by atoms with Gasteiger partial charge in [-0.25, -0.2) is 8.78 Å². The van der Waals surface area contributed by atoms with Crippen LogP contribution in [0.25, 0.3) is 10.8 Å². The molecule has 142 valence electrons. The number of halogens is 2. The molecule has 0 amide bonds. The molecule has 0 spiro atoms. The molecule has 2 heteroatoms. The van der Waals surface area contributed by atoms with E-state index >= 15 is 0 Å². The summed E-state index contributed by atoms with van der Waals surface area (Å²) in [7, 11) is 0. The van der Waals surface area contributed by atoms with Crippen molar-refractivity contribution in [3.63, 3.8) is 0 Å². The molecule has 1 saturated carbocycles. The lowest BCUT2D eigenvalue weighted by Gasteiger charge is -2.26. The summed E-state index contributed by atoms with van der Waals surface area (Å²) in [4.78, 5) is 0. The molecule has 1 aliphatic rings. The summed E-state index contributed by atoms with van der Waals surface area (Å²) in [6.45, 7) is 2.16. The number of aryl methyl sites for hydroxylation is 1. The Kier molecular flexibility index (Phi) is 5.44. The molecular formula is C26H24F2. The Balaban J connectivity index is 1.42. The summed E-state index contributed by atoms with van der Waals surface area (Å²) in [6, 6.07) is 17.1. The third-order valence-corrected chi connectivity index (χ3v) is 5.88. The van der Waals surface area contributed by atoms with Crippen molar-refractivity contribution in [2.75, 3.05) is 0 Å². The van der Waals surface area contributed by atoms with Gasteiger partial charge in [-0.2, -0.15) is 0 Å². The Morgan fingerprint density at radius 3 is 2.18 bits per heavy atom. The summed E-state index contributed by atoms with van der Waals surface area (Å²) in [5, 5.41) is 1.52. The highest BCUT2D eigenvalue weighted by molar-refractivity contribution is 5.83. The Hall–Kier alpha value is -2.66. The Morgan fingerprint density at radius 2 is 1.50 bits per heavy atom. The molecule has 4 rings (SSSR count). The van der Waals surface area contributed by atoms with Crippen LogP contribution in [0.2, 0.25) is 0 Å². The van der Waals surface area contributed by atoms with E-state index in [-0.39, 0.29) is 0 Å². The van der Waals surface area contributed by atoms with Crippen molar-refractivity contribution in [2.45, 2.75) is 44.9 Å². The minimum Gasteiger partial charge on any atom is -0.204 e. The van der Waals surface area contributed by atoms with Crippen molar-refractivity contribution in [3.8, 4) is 11.8 Å². The van der Waals surface area contributed by atoms with Crippen LogP contribution >= 0.6 is 0 Å². The first-order chi connectivity index (χ1) is 13.6. The van der Waals surface area contributed by atoms with Gasteiger partial charge in [-0.3, -0.25) is 0 Å². The van der Waals surface area contributed by atoms with Crippen LogP contribution in [0.3, 0.4) is 0 Å². The largest absolute Gasteiger partial charge is 0.204 e. The third kappa shape index (κ3) is 4.09. The first-order valence-corrected chi connectivity index (χ1v) is 10.1. The molecule has 1 fully saturated rings. The molecule has 0 unspecified atom stereocenters. The van der Waals surface area contributed by atoms with Crippen LogP contribution in [0, 0.1) is 29.4 Å². The molecule has 0 bridgehead atoms. The number of rotatable bonds is 2. The van der Waals surface area contributed by atoms with E-state index in [1.54, 1.807) is 0 Å². The van der Waals surface area contributed by atoms with Gasteiger partial charge in [0.2, 0.25) is 0 Å². The van der Waals surface area contributed by atoms with E-state index in [0.717, 1.165) is 48.4 Å². The lowest BCUT2D eigenvalue weighted by molar-refractivity contribution is 0.385. The molecule has 28 heavy (non-hydrogen) atoms. The number of hydrogen-bond donors (Lipinski definition) is 0. The summed E-state index contributed by atoms with van der Waals surface area (Å²) in [6.07, 6.45) is 5.39. The Bertz CT molecular complexity index is 1030. The van der Waals surface area contributed by atoms with Crippen LogP contribution in [0.1, 0.15) is 55.2 Å². The monoisotopic (exact) mass is 374 g/mol. The van der Waals surface area contributed by atoms with Gasteiger partial charge in [-0.1, -0.05) is 49.1 Å². The second kappa shape index (κ2) is 8.15. The molecule has 3 aromatic rings. The Labute approximate surface area is 165 Å². The highest BCUT2D eigenvalue weighted by Gasteiger charge is 2.21.